The third-order valence-corrected chi connectivity index (χ3v) is 2.34. The molecule has 0 saturated carbocycles. The van der Waals surface area contributed by atoms with E-state index in [2.05, 4.69) is 6.58 Å². The van der Waals surface area contributed by atoms with Gasteiger partial charge in [0.15, 0.2) is 6.10 Å². The van der Waals surface area contributed by atoms with Crippen molar-refractivity contribution >= 4 is 5.97 Å². The average Bonchev–Trinajstić information content (AvgIpc) is 2.37. The van der Waals surface area contributed by atoms with E-state index in [0.717, 1.165) is 11.1 Å². The number of carbonyl (C=O) groups is 1. The highest BCUT2D eigenvalue weighted by Gasteiger charge is 2.15. The molecule has 2 heteroatoms. The van der Waals surface area contributed by atoms with Crippen LogP contribution < -0.4 is 0 Å². The number of allylic oxidation sites excluding steroid dienone is 3. The third-order valence-electron chi connectivity index (χ3n) is 2.34. The van der Waals surface area contributed by atoms with Gasteiger partial charge in [-0.3, -0.25) is 4.79 Å². The summed E-state index contributed by atoms with van der Waals surface area (Å²) in [5.74, 6) is -0.315. The Morgan fingerprint density at radius 3 is 2.50 bits per heavy atom. The molecule has 94 valence electrons. The molecule has 1 atom stereocenters. The highest BCUT2D eigenvalue weighted by atomic mass is 16.5. The lowest BCUT2D eigenvalue weighted by atomic mass is 10.0. The second kappa shape index (κ2) is 7.28. The molecule has 1 rings (SSSR count). The summed E-state index contributed by atoms with van der Waals surface area (Å²) in [7, 11) is 0. The van der Waals surface area contributed by atoms with Crippen LogP contribution in [0.3, 0.4) is 0 Å². The normalized spacial score (nSPS) is 12.8. The van der Waals surface area contributed by atoms with Crippen LogP contribution in [0.25, 0.3) is 0 Å². The van der Waals surface area contributed by atoms with Crippen molar-refractivity contribution in [2.45, 2.75) is 20.0 Å². The maximum atomic E-state index is 11.2. The zero-order valence-corrected chi connectivity index (χ0v) is 10.8. The molecule has 18 heavy (non-hydrogen) atoms. The minimum atomic E-state index is -0.426. The van der Waals surface area contributed by atoms with E-state index in [4.69, 9.17) is 4.74 Å². The zero-order chi connectivity index (χ0) is 13.4. The summed E-state index contributed by atoms with van der Waals surface area (Å²) in [6, 6.07) is 9.58. The molecule has 0 aliphatic heterocycles. The van der Waals surface area contributed by atoms with E-state index in [9.17, 15) is 4.79 Å². The molecule has 1 unspecified atom stereocenters. The molecule has 0 bridgehead atoms. The van der Waals surface area contributed by atoms with Crippen LogP contribution in [0.2, 0.25) is 0 Å². The fraction of sp³-hybridized carbons (Fsp3) is 0.188. The number of hydrogen-bond donors (Lipinski definition) is 0. The van der Waals surface area contributed by atoms with E-state index in [0.29, 0.717) is 0 Å². The molecule has 1 aromatic rings. The SMILES string of the molecule is C=C(/C=C\C=C/C)C(OC(C)=O)c1ccccc1. The van der Waals surface area contributed by atoms with Crippen molar-refractivity contribution < 1.29 is 9.53 Å². The van der Waals surface area contributed by atoms with E-state index in [1.165, 1.54) is 6.92 Å². The topological polar surface area (TPSA) is 26.3 Å². The number of benzene rings is 1. The molecule has 0 spiro atoms. The zero-order valence-electron chi connectivity index (χ0n) is 10.8. The lowest BCUT2D eigenvalue weighted by Gasteiger charge is -2.17. The smallest absolute Gasteiger partial charge is 0.303 e. The van der Waals surface area contributed by atoms with Gasteiger partial charge in [0.2, 0.25) is 0 Å². The van der Waals surface area contributed by atoms with E-state index in [1.807, 2.05) is 61.6 Å². The van der Waals surface area contributed by atoms with Crippen molar-refractivity contribution in [3.63, 3.8) is 0 Å². The molecule has 2 nitrogen and oxygen atoms in total. The molecule has 0 heterocycles. The van der Waals surface area contributed by atoms with Crippen LogP contribution in [-0.4, -0.2) is 5.97 Å². The van der Waals surface area contributed by atoms with Crippen molar-refractivity contribution in [3.05, 3.63) is 72.4 Å². The van der Waals surface area contributed by atoms with Crippen LogP contribution >= 0.6 is 0 Å². The largest absolute Gasteiger partial charge is 0.453 e. The molecule has 0 N–H and O–H groups in total. The number of ether oxygens (including phenoxy) is 1. The Labute approximate surface area is 108 Å². The van der Waals surface area contributed by atoms with Gasteiger partial charge in [-0.25, -0.2) is 0 Å². The maximum Gasteiger partial charge on any atom is 0.303 e. The standard InChI is InChI=1S/C16H18O2/c1-4-5-7-10-13(2)16(18-14(3)17)15-11-8-6-9-12-15/h4-12,16H,2H2,1,3H3/b5-4-,10-7-. The van der Waals surface area contributed by atoms with Crippen LogP contribution in [0.1, 0.15) is 25.5 Å². The Bertz CT molecular complexity index is 455. The minimum Gasteiger partial charge on any atom is -0.453 e. The molecule has 0 fully saturated rings. The summed E-state index contributed by atoms with van der Waals surface area (Å²) < 4.78 is 5.32. The highest BCUT2D eigenvalue weighted by Crippen LogP contribution is 2.25. The number of rotatable bonds is 5. The van der Waals surface area contributed by atoms with Crippen molar-refractivity contribution in [1.82, 2.24) is 0 Å². The molecule has 0 radical (unpaired) electrons. The van der Waals surface area contributed by atoms with Gasteiger partial charge < -0.3 is 4.74 Å². The predicted molar refractivity (Wildman–Crippen MR) is 74.0 cm³/mol. The van der Waals surface area contributed by atoms with E-state index in [1.54, 1.807) is 0 Å². The van der Waals surface area contributed by atoms with Crippen molar-refractivity contribution in [1.29, 1.82) is 0 Å². The molecule has 0 aliphatic carbocycles. The van der Waals surface area contributed by atoms with Gasteiger partial charge in [0.25, 0.3) is 0 Å². The summed E-state index contributed by atoms with van der Waals surface area (Å²) in [5.41, 5.74) is 1.66. The molecule has 0 aliphatic rings. The maximum absolute atomic E-state index is 11.2. The third kappa shape index (κ3) is 4.42. The number of hydrogen-bond acceptors (Lipinski definition) is 2. The summed E-state index contributed by atoms with van der Waals surface area (Å²) in [6.07, 6.45) is 7.13. The summed E-state index contributed by atoms with van der Waals surface area (Å²) in [4.78, 5) is 11.2. The van der Waals surface area contributed by atoms with Crippen molar-refractivity contribution in [2.24, 2.45) is 0 Å². The lowest BCUT2D eigenvalue weighted by molar-refractivity contribution is -0.144. The fourth-order valence-electron chi connectivity index (χ4n) is 1.53. The highest BCUT2D eigenvalue weighted by molar-refractivity contribution is 5.67. The van der Waals surface area contributed by atoms with E-state index < -0.39 is 6.10 Å². The second-order valence-corrected chi connectivity index (χ2v) is 3.86. The van der Waals surface area contributed by atoms with Gasteiger partial charge in [0, 0.05) is 6.92 Å². The first-order valence-corrected chi connectivity index (χ1v) is 5.85. The van der Waals surface area contributed by atoms with Gasteiger partial charge >= 0.3 is 5.97 Å². The summed E-state index contributed by atoms with van der Waals surface area (Å²) in [5, 5.41) is 0. The molecular formula is C16H18O2. The Morgan fingerprint density at radius 1 is 1.28 bits per heavy atom. The number of esters is 1. The second-order valence-electron chi connectivity index (χ2n) is 3.86. The quantitative estimate of drug-likeness (QED) is 0.576. The lowest BCUT2D eigenvalue weighted by Crippen LogP contribution is -2.09. The minimum absolute atomic E-state index is 0.315. The van der Waals surface area contributed by atoms with Crippen LogP contribution in [0, 0.1) is 0 Å². The number of carbonyl (C=O) groups excluding carboxylic acids is 1. The fourth-order valence-corrected chi connectivity index (χ4v) is 1.53. The van der Waals surface area contributed by atoms with Crippen LogP contribution in [-0.2, 0) is 9.53 Å². The van der Waals surface area contributed by atoms with Gasteiger partial charge in [0.1, 0.15) is 0 Å². The first-order chi connectivity index (χ1) is 8.65. The first kappa shape index (κ1) is 14.0. The summed E-state index contributed by atoms with van der Waals surface area (Å²) in [6.45, 7) is 7.30. The van der Waals surface area contributed by atoms with Crippen molar-refractivity contribution in [2.75, 3.05) is 0 Å². The van der Waals surface area contributed by atoms with Crippen molar-refractivity contribution in [3.8, 4) is 0 Å². The molecular weight excluding hydrogens is 224 g/mol. The average molecular weight is 242 g/mol. The predicted octanol–water partition coefficient (Wildman–Crippen LogP) is 3.98. The molecule has 0 aromatic heterocycles. The Balaban J connectivity index is 2.92. The molecule has 0 saturated heterocycles. The van der Waals surface area contributed by atoms with Crippen LogP contribution in [0.5, 0.6) is 0 Å². The monoisotopic (exact) mass is 242 g/mol. The van der Waals surface area contributed by atoms with Gasteiger partial charge in [0.05, 0.1) is 0 Å². The van der Waals surface area contributed by atoms with Gasteiger partial charge in [-0.15, -0.1) is 0 Å². The summed E-state index contributed by atoms with van der Waals surface area (Å²) >= 11 is 0. The Kier molecular flexibility index (Phi) is 5.65. The van der Waals surface area contributed by atoms with Gasteiger partial charge in [-0.2, -0.15) is 0 Å². The van der Waals surface area contributed by atoms with Crippen LogP contribution in [0.15, 0.2) is 66.8 Å². The Morgan fingerprint density at radius 2 is 1.94 bits per heavy atom. The van der Waals surface area contributed by atoms with Crippen LogP contribution in [0.4, 0.5) is 0 Å². The molecule has 0 amide bonds. The van der Waals surface area contributed by atoms with E-state index >= 15 is 0 Å². The van der Waals surface area contributed by atoms with Gasteiger partial charge in [-0.05, 0) is 18.1 Å². The van der Waals surface area contributed by atoms with E-state index in [-0.39, 0.29) is 5.97 Å². The molecule has 1 aromatic carbocycles. The Hall–Kier alpha value is -2.09. The first-order valence-electron chi connectivity index (χ1n) is 5.85. The van der Waals surface area contributed by atoms with Gasteiger partial charge in [-0.1, -0.05) is 61.2 Å².